The molecule has 242 valence electrons. The number of carbonyl (C=O) groups excluding carboxylic acids is 1. The van der Waals surface area contributed by atoms with Crippen LogP contribution >= 0.6 is 0 Å². The van der Waals surface area contributed by atoms with E-state index in [4.69, 9.17) is 9.47 Å². The van der Waals surface area contributed by atoms with Gasteiger partial charge in [-0.25, -0.2) is 32.7 Å². The highest BCUT2D eigenvalue weighted by atomic mass is 28.3. The first-order valence-electron chi connectivity index (χ1n) is 14.7. The molecule has 0 fully saturated rings. The number of alkyl carbamates (subject to hydrolysis) is 1. The minimum Gasteiger partial charge on any atom is -0.444 e. The lowest BCUT2D eigenvalue weighted by Gasteiger charge is -2.33. The summed E-state index contributed by atoms with van der Waals surface area (Å²) in [5.41, 5.74) is -1.77. The quantitative estimate of drug-likeness (QED) is 0.217. The van der Waals surface area contributed by atoms with Crippen molar-refractivity contribution in [3.05, 3.63) is 95.0 Å². The molecule has 11 nitrogen and oxygen atoms in total. The largest absolute Gasteiger partial charge is 0.444 e. The number of carbonyl (C=O) groups is 1. The molecule has 1 aliphatic rings. The predicted octanol–water partition coefficient (Wildman–Crippen LogP) is 5.06. The van der Waals surface area contributed by atoms with Gasteiger partial charge >= 0.3 is 11.8 Å². The normalized spacial score (nSPS) is 19.0. The summed E-state index contributed by atoms with van der Waals surface area (Å²) in [5.74, 6) is 0.0258. The molecule has 1 amide bonds. The van der Waals surface area contributed by atoms with Crippen molar-refractivity contribution in [1.82, 2.24) is 34.4 Å². The lowest BCUT2D eigenvalue weighted by atomic mass is 9.84. The number of hydrogen-bond donors (Lipinski definition) is 1. The maximum absolute atomic E-state index is 16.5. The van der Waals surface area contributed by atoms with E-state index in [9.17, 15) is 14.0 Å². The Kier molecular flexibility index (Phi) is 10.4. The van der Waals surface area contributed by atoms with Gasteiger partial charge in [0.2, 0.25) is 0 Å². The number of benzene rings is 1. The van der Waals surface area contributed by atoms with Crippen LogP contribution in [0.15, 0.2) is 77.9 Å². The number of alkyl halides is 1. The average molecular weight is 642 g/mol. The summed E-state index contributed by atoms with van der Waals surface area (Å²) in [6.07, 6.45) is 5.08. The molecular weight excluding hydrogens is 600 g/mol. The Hall–Kier alpha value is -4.17. The van der Waals surface area contributed by atoms with Crippen LogP contribution in [0.5, 0.6) is 0 Å². The van der Waals surface area contributed by atoms with Crippen molar-refractivity contribution in [2.24, 2.45) is 0 Å². The maximum Gasteiger partial charge on any atom is 0.407 e. The Balaban J connectivity index is 1.63. The van der Waals surface area contributed by atoms with Crippen LogP contribution in [-0.4, -0.2) is 68.2 Å². The number of nitrogens with one attached hydrogen (secondary N) is 1. The zero-order valence-corrected chi connectivity index (χ0v) is 27.5. The Morgan fingerprint density at radius 2 is 1.91 bits per heavy atom. The van der Waals surface area contributed by atoms with E-state index < -0.39 is 37.2 Å². The first-order chi connectivity index (χ1) is 21.2. The molecular formula is C31H41F2N7O4Si. The van der Waals surface area contributed by atoms with Gasteiger partial charge in [0.15, 0.2) is 17.5 Å². The summed E-state index contributed by atoms with van der Waals surface area (Å²) < 4.78 is 44.9. The highest BCUT2D eigenvalue weighted by Crippen LogP contribution is 2.37. The third-order valence-corrected chi connectivity index (χ3v) is 8.69. The number of allylic oxidation sites excluding steroid dienone is 4. The molecule has 0 saturated heterocycles. The van der Waals surface area contributed by atoms with Crippen molar-refractivity contribution < 1.29 is 23.0 Å². The lowest BCUT2D eigenvalue weighted by molar-refractivity contribution is 0.0532. The molecule has 2 aromatic heterocycles. The first-order valence-corrected chi connectivity index (χ1v) is 18.4. The number of hydrogen-bond acceptors (Lipinski definition) is 7. The van der Waals surface area contributed by atoms with E-state index in [1.54, 1.807) is 32.9 Å². The number of amides is 1. The summed E-state index contributed by atoms with van der Waals surface area (Å²) in [6.45, 7) is 12.0. The molecule has 0 radical (unpaired) electrons. The molecule has 1 aromatic carbocycles. The zero-order chi connectivity index (χ0) is 32.8. The molecule has 14 heteroatoms. The molecule has 2 unspecified atom stereocenters. The monoisotopic (exact) mass is 641 g/mol. The number of halogens is 2. The second-order valence-electron chi connectivity index (χ2n) is 13.1. The van der Waals surface area contributed by atoms with Crippen LogP contribution in [-0.2, 0) is 28.3 Å². The fourth-order valence-electron chi connectivity index (χ4n) is 4.59. The smallest absolute Gasteiger partial charge is 0.407 e. The van der Waals surface area contributed by atoms with Crippen LogP contribution in [0, 0.1) is 0 Å². The van der Waals surface area contributed by atoms with Gasteiger partial charge in [0, 0.05) is 21.2 Å². The van der Waals surface area contributed by atoms with Crippen molar-refractivity contribution in [2.45, 2.75) is 77.0 Å². The van der Waals surface area contributed by atoms with Crippen LogP contribution in [0.3, 0.4) is 0 Å². The van der Waals surface area contributed by atoms with Gasteiger partial charge in [0.1, 0.15) is 25.0 Å². The number of aromatic nitrogens is 6. The van der Waals surface area contributed by atoms with E-state index >= 15 is 4.39 Å². The average Bonchev–Trinajstić information content (AvgIpc) is 3.59. The highest BCUT2D eigenvalue weighted by Gasteiger charge is 2.47. The molecule has 0 aliphatic heterocycles. The second-order valence-corrected chi connectivity index (χ2v) is 18.7. The summed E-state index contributed by atoms with van der Waals surface area (Å²) >= 11 is 0. The number of rotatable bonds is 12. The minimum absolute atomic E-state index is 0.0258. The minimum atomic E-state index is -1.79. The second kappa shape index (κ2) is 13.9. The standard InChI is InChI=1S/C31H41F2N7O4Si/c1-30(2,3)44-28(41)34-18-23(17-32)19-40-29(42)39(21-36-40)31(13-12-25(16-26(31)33)24-10-8-7-9-11-24)27-35-20-38(37-27)22-43-14-15-45(4,5)6/h7-13,16-17,20-21,26H,14-15,18-19,22H2,1-6H3,(H,34,41)/b23-17+. The van der Waals surface area contributed by atoms with E-state index in [1.165, 1.54) is 23.4 Å². The van der Waals surface area contributed by atoms with Gasteiger partial charge in [-0.05, 0) is 55.7 Å². The fraction of sp³-hybridized carbons (Fsp3) is 0.452. The van der Waals surface area contributed by atoms with E-state index in [2.05, 4.69) is 40.1 Å². The first kappa shape index (κ1) is 33.7. The zero-order valence-electron chi connectivity index (χ0n) is 26.5. The molecule has 0 bridgehead atoms. The van der Waals surface area contributed by atoms with Gasteiger partial charge < -0.3 is 14.8 Å². The Morgan fingerprint density at radius 3 is 2.56 bits per heavy atom. The fourth-order valence-corrected chi connectivity index (χ4v) is 5.34. The Morgan fingerprint density at radius 1 is 1.18 bits per heavy atom. The molecule has 45 heavy (non-hydrogen) atoms. The molecule has 3 aromatic rings. The third kappa shape index (κ3) is 8.51. The molecule has 1 N–H and O–H groups in total. The van der Waals surface area contributed by atoms with E-state index in [0.29, 0.717) is 12.2 Å². The third-order valence-electron chi connectivity index (χ3n) is 6.98. The summed E-state index contributed by atoms with van der Waals surface area (Å²) in [7, 11) is -1.29. The van der Waals surface area contributed by atoms with Crippen LogP contribution in [0.2, 0.25) is 25.7 Å². The molecule has 0 spiro atoms. The summed E-state index contributed by atoms with van der Waals surface area (Å²) in [5, 5.41) is 11.1. The highest BCUT2D eigenvalue weighted by molar-refractivity contribution is 6.76. The van der Waals surface area contributed by atoms with Gasteiger partial charge in [-0.2, -0.15) is 10.2 Å². The Labute approximate surface area is 262 Å². The topological polar surface area (TPSA) is 118 Å². The molecule has 2 atom stereocenters. The van der Waals surface area contributed by atoms with Crippen molar-refractivity contribution in [3.63, 3.8) is 0 Å². The molecule has 0 saturated carbocycles. The van der Waals surface area contributed by atoms with E-state index in [0.717, 1.165) is 20.9 Å². The molecule has 4 rings (SSSR count). The van der Waals surface area contributed by atoms with Crippen molar-refractivity contribution >= 4 is 19.7 Å². The Bertz CT molecular complexity index is 1620. The van der Waals surface area contributed by atoms with Crippen molar-refractivity contribution in [1.29, 1.82) is 0 Å². The van der Waals surface area contributed by atoms with E-state index in [-0.39, 0.29) is 37.5 Å². The van der Waals surface area contributed by atoms with Crippen molar-refractivity contribution in [2.75, 3.05) is 13.2 Å². The summed E-state index contributed by atoms with van der Waals surface area (Å²) in [4.78, 5) is 30.2. The van der Waals surface area contributed by atoms with Crippen LogP contribution in [0.25, 0.3) is 5.57 Å². The number of ether oxygens (including phenoxy) is 2. The predicted molar refractivity (Wildman–Crippen MR) is 170 cm³/mol. The van der Waals surface area contributed by atoms with Crippen LogP contribution in [0.1, 0.15) is 32.2 Å². The lowest BCUT2D eigenvalue weighted by Crippen LogP contribution is -2.49. The van der Waals surface area contributed by atoms with E-state index in [1.807, 2.05) is 30.3 Å². The SMILES string of the molecule is CC(C)(C)OC(=O)NC/C(=C\F)Cn1ncn(C2(c3ncn(COCC[Si](C)(C)C)n3)C=CC(c3ccccc3)=CC2F)c1=O. The van der Waals surface area contributed by atoms with Gasteiger partial charge in [0.05, 0.1) is 12.9 Å². The number of nitrogens with zero attached hydrogens (tertiary/aromatic N) is 6. The van der Waals surface area contributed by atoms with Gasteiger partial charge in [-0.3, -0.25) is 4.57 Å². The van der Waals surface area contributed by atoms with Gasteiger partial charge in [0.25, 0.3) is 0 Å². The van der Waals surface area contributed by atoms with Crippen LogP contribution < -0.4 is 11.0 Å². The molecule has 2 heterocycles. The summed E-state index contributed by atoms with van der Waals surface area (Å²) in [6, 6.07) is 10.3. The maximum atomic E-state index is 16.5. The van der Waals surface area contributed by atoms with Gasteiger partial charge in [-0.15, -0.1) is 0 Å². The van der Waals surface area contributed by atoms with Crippen LogP contribution in [0.4, 0.5) is 13.6 Å². The molecule has 1 aliphatic carbocycles. The van der Waals surface area contributed by atoms with Crippen molar-refractivity contribution in [3.8, 4) is 0 Å². The van der Waals surface area contributed by atoms with Gasteiger partial charge in [-0.1, -0.05) is 56.0 Å².